The van der Waals surface area contributed by atoms with E-state index in [1.807, 2.05) is 30.3 Å². The number of hydrogen-bond donors (Lipinski definition) is 1. The minimum Gasteiger partial charge on any atom is -0.507 e. The van der Waals surface area contributed by atoms with Crippen LogP contribution in [0.2, 0.25) is 0 Å². The second-order valence-corrected chi connectivity index (χ2v) is 6.32. The van der Waals surface area contributed by atoms with Crippen molar-refractivity contribution in [2.24, 2.45) is 0 Å². The Morgan fingerprint density at radius 1 is 1.00 bits per heavy atom. The van der Waals surface area contributed by atoms with Crippen LogP contribution in [-0.2, 0) is 0 Å². The summed E-state index contributed by atoms with van der Waals surface area (Å²) in [5.74, 6) is 3.51. The molecule has 2 aliphatic rings. The van der Waals surface area contributed by atoms with Crippen molar-refractivity contribution in [2.75, 3.05) is 13.2 Å². The highest BCUT2D eigenvalue weighted by atomic mass is 16.6. The van der Waals surface area contributed by atoms with Gasteiger partial charge in [0, 0.05) is 12.0 Å². The number of hydrogen-bond acceptors (Lipinski definition) is 5. The van der Waals surface area contributed by atoms with Crippen LogP contribution in [0.5, 0.6) is 17.2 Å². The van der Waals surface area contributed by atoms with Gasteiger partial charge in [-0.25, -0.2) is 9.67 Å². The third-order valence-corrected chi connectivity index (χ3v) is 4.48. The van der Waals surface area contributed by atoms with Gasteiger partial charge in [-0.1, -0.05) is 12.1 Å². The number of para-hydroxylation sites is 1. The Morgan fingerprint density at radius 3 is 2.60 bits per heavy atom. The van der Waals surface area contributed by atoms with Crippen molar-refractivity contribution < 1.29 is 14.6 Å². The van der Waals surface area contributed by atoms with Crippen molar-refractivity contribution in [3.63, 3.8) is 0 Å². The fourth-order valence-corrected chi connectivity index (χ4v) is 3.02. The fraction of sp³-hybridized carbons (Fsp3) is 0.263. The third kappa shape index (κ3) is 2.50. The number of fused-ring (bicyclic) bond motifs is 1. The molecule has 1 saturated carbocycles. The lowest BCUT2D eigenvalue weighted by Gasteiger charge is -2.19. The number of aromatic hydroxyl groups is 1. The lowest BCUT2D eigenvalue weighted by molar-refractivity contribution is 0.171. The van der Waals surface area contributed by atoms with Crippen LogP contribution in [0.15, 0.2) is 42.5 Å². The standard InChI is InChI=1S/C19H17N3O3/c23-15-4-2-1-3-14(15)19-20-18(12-5-6-12)21-22(19)13-7-8-16-17(11-13)25-10-9-24-16/h1-4,7-8,11-12,23H,5-6,9-10H2. The fourth-order valence-electron chi connectivity index (χ4n) is 3.02. The van der Waals surface area contributed by atoms with Crippen LogP contribution in [-0.4, -0.2) is 33.1 Å². The van der Waals surface area contributed by atoms with Crippen molar-refractivity contribution >= 4 is 0 Å². The lowest BCUT2D eigenvalue weighted by Crippen LogP contribution is -2.15. The molecule has 0 atom stereocenters. The van der Waals surface area contributed by atoms with Crippen molar-refractivity contribution in [3.05, 3.63) is 48.3 Å². The van der Waals surface area contributed by atoms with Crippen molar-refractivity contribution in [1.82, 2.24) is 14.8 Å². The van der Waals surface area contributed by atoms with Gasteiger partial charge in [-0.2, -0.15) is 5.10 Å². The van der Waals surface area contributed by atoms with E-state index in [4.69, 9.17) is 19.6 Å². The Balaban J connectivity index is 1.66. The maximum absolute atomic E-state index is 10.3. The molecular formula is C19H17N3O3. The predicted molar refractivity (Wildman–Crippen MR) is 91.4 cm³/mol. The summed E-state index contributed by atoms with van der Waals surface area (Å²) in [6.07, 6.45) is 2.23. The topological polar surface area (TPSA) is 69.4 Å². The first-order valence-electron chi connectivity index (χ1n) is 8.45. The van der Waals surface area contributed by atoms with Crippen LogP contribution < -0.4 is 9.47 Å². The summed E-state index contributed by atoms with van der Waals surface area (Å²) in [4.78, 5) is 4.71. The molecular weight excluding hydrogens is 318 g/mol. The van der Waals surface area contributed by atoms with Gasteiger partial charge in [-0.15, -0.1) is 0 Å². The first-order chi connectivity index (χ1) is 12.3. The predicted octanol–water partition coefficient (Wildman–Crippen LogP) is 3.29. The van der Waals surface area contributed by atoms with Gasteiger partial charge in [0.2, 0.25) is 0 Å². The maximum Gasteiger partial charge on any atom is 0.167 e. The van der Waals surface area contributed by atoms with Crippen LogP contribution in [0, 0.1) is 0 Å². The molecule has 0 saturated heterocycles. The zero-order valence-electron chi connectivity index (χ0n) is 13.6. The van der Waals surface area contributed by atoms with Crippen LogP contribution in [0.25, 0.3) is 17.1 Å². The van der Waals surface area contributed by atoms with Gasteiger partial charge < -0.3 is 14.6 Å². The van der Waals surface area contributed by atoms with Gasteiger partial charge in [-0.3, -0.25) is 0 Å². The Kier molecular flexibility index (Phi) is 3.16. The SMILES string of the molecule is Oc1ccccc1-c1nc(C2CC2)nn1-c1ccc2c(c1)OCCO2. The van der Waals surface area contributed by atoms with E-state index in [0.717, 1.165) is 30.1 Å². The molecule has 0 bridgehead atoms. The third-order valence-electron chi connectivity index (χ3n) is 4.48. The number of rotatable bonds is 3. The smallest absolute Gasteiger partial charge is 0.167 e. The average Bonchev–Trinajstić information content (AvgIpc) is 3.41. The van der Waals surface area contributed by atoms with E-state index < -0.39 is 0 Å². The molecule has 0 amide bonds. The molecule has 1 N–H and O–H groups in total. The first-order valence-corrected chi connectivity index (χ1v) is 8.45. The van der Waals surface area contributed by atoms with E-state index in [1.54, 1.807) is 16.8 Å². The molecule has 0 spiro atoms. The lowest BCUT2D eigenvalue weighted by atomic mass is 10.2. The first kappa shape index (κ1) is 14.3. The molecule has 1 fully saturated rings. The molecule has 5 rings (SSSR count). The Labute approximate surface area is 144 Å². The van der Waals surface area contributed by atoms with Gasteiger partial charge >= 0.3 is 0 Å². The van der Waals surface area contributed by atoms with Gasteiger partial charge in [0.05, 0.1) is 11.3 Å². The largest absolute Gasteiger partial charge is 0.507 e. The van der Waals surface area contributed by atoms with Gasteiger partial charge in [-0.05, 0) is 37.1 Å². The number of benzene rings is 2. The molecule has 3 aromatic rings. The molecule has 6 nitrogen and oxygen atoms in total. The average molecular weight is 335 g/mol. The molecule has 2 heterocycles. The molecule has 1 aromatic heterocycles. The summed E-state index contributed by atoms with van der Waals surface area (Å²) in [5.41, 5.74) is 1.50. The van der Waals surface area contributed by atoms with E-state index in [9.17, 15) is 5.11 Å². The van der Waals surface area contributed by atoms with Crippen LogP contribution in [0.3, 0.4) is 0 Å². The summed E-state index contributed by atoms with van der Waals surface area (Å²) < 4.78 is 13.1. The number of ether oxygens (including phenoxy) is 2. The summed E-state index contributed by atoms with van der Waals surface area (Å²) in [6, 6.07) is 12.9. The minimum atomic E-state index is 0.191. The number of phenols is 1. The number of phenolic OH excluding ortho intramolecular Hbond substituents is 1. The summed E-state index contributed by atoms with van der Waals surface area (Å²) in [5, 5.41) is 15.0. The monoisotopic (exact) mass is 335 g/mol. The molecule has 1 aliphatic heterocycles. The summed E-state index contributed by atoms with van der Waals surface area (Å²) in [6.45, 7) is 1.10. The molecule has 126 valence electrons. The Hall–Kier alpha value is -3.02. The van der Waals surface area contributed by atoms with Crippen LogP contribution in [0.4, 0.5) is 0 Å². The quantitative estimate of drug-likeness (QED) is 0.795. The highest BCUT2D eigenvalue weighted by Gasteiger charge is 2.30. The Morgan fingerprint density at radius 2 is 1.80 bits per heavy atom. The van der Waals surface area contributed by atoms with E-state index >= 15 is 0 Å². The van der Waals surface area contributed by atoms with E-state index in [-0.39, 0.29) is 5.75 Å². The van der Waals surface area contributed by atoms with Crippen molar-refractivity contribution in [2.45, 2.75) is 18.8 Å². The molecule has 0 radical (unpaired) electrons. The molecule has 1 aliphatic carbocycles. The second-order valence-electron chi connectivity index (χ2n) is 6.32. The molecule has 0 unspecified atom stereocenters. The highest BCUT2D eigenvalue weighted by Crippen LogP contribution is 2.41. The van der Waals surface area contributed by atoms with Gasteiger partial charge in [0.1, 0.15) is 19.0 Å². The summed E-state index contributed by atoms with van der Waals surface area (Å²) in [7, 11) is 0. The normalized spacial score (nSPS) is 16.0. The molecule has 6 heteroatoms. The minimum absolute atomic E-state index is 0.191. The van der Waals surface area contributed by atoms with E-state index in [1.165, 1.54) is 0 Å². The van der Waals surface area contributed by atoms with Gasteiger partial charge in [0.25, 0.3) is 0 Å². The maximum atomic E-state index is 10.3. The van der Waals surface area contributed by atoms with Gasteiger partial charge in [0.15, 0.2) is 23.1 Å². The van der Waals surface area contributed by atoms with E-state index in [0.29, 0.717) is 36.3 Å². The molecule has 25 heavy (non-hydrogen) atoms. The summed E-state index contributed by atoms with van der Waals surface area (Å²) >= 11 is 0. The number of nitrogens with zero attached hydrogens (tertiary/aromatic N) is 3. The zero-order valence-corrected chi connectivity index (χ0v) is 13.6. The van der Waals surface area contributed by atoms with Crippen LogP contribution >= 0.6 is 0 Å². The second kappa shape index (κ2) is 5.51. The zero-order chi connectivity index (χ0) is 16.8. The number of aromatic nitrogens is 3. The molecule has 2 aromatic carbocycles. The van der Waals surface area contributed by atoms with E-state index in [2.05, 4.69) is 0 Å². The van der Waals surface area contributed by atoms with Crippen LogP contribution in [0.1, 0.15) is 24.6 Å². The highest BCUT2D eigenvalue weighted by molar-refractivity contribution is 5.66. The van der Waals surface area contributed by atoms with Crippen molar-refractivity contribution in [1.29, 1.82) is 0 Å². The van der Waals surface area contributed by atoms with Crippen molar-refractivity contribution in [3.8, 4) is 34.3 Å². The Bertz CT molecular complexity index is 947.